The second-order valence-corrected chi connectivity index (χ2v) is 5.19. The third-order valence-electron chi connectivity index (χ3n) is 2.15. The Morgan fingerprint density at radius 2 is 1.25 bits per heavy atom. The lowest BCUT2D eigenvalue weighted by Gasteiger charge is -2.21. The third-order valence-corrected chi connectivity index (χ3v) is 2.15. The first-order chi connectivity index (χ1) is 7.41. The van der Waals surface area contributed by atoms with Gasteiger partial charge in [0.15, 0.2) is 0 Å². The van der Waals surface area contributed by atoms with Crippen LogP contribution in [0.3, 0.4) is 0 Å². The van der Waals surface area contributed by atoms with Crippen LogP contribution in [0.5, 0.6) is 0 Å². The maximum atomic E-state index is 5.65. The molecule has 16 heavy (non-hydrogen) atoms. The Bertz CT molecular complexity index is 129. The molecule has 0 fully saturated rings. The lowest BCUT2D eigenvalue weighted by atomic mass is 10.1. The van der Waals surface area contributed by atoms with E-state index in [1.165, 1.54) is 0 Å². The van der Waals surface area contributed by atoms with E-state index in [2.05, 4.69) is 46.9 Å². The highest BCUT2D eigenvalue weighted by molar-refractivity contribution is 4.64. The normalized spacial score (nSPS) is 12.4. The number of rotatable bonds is 9. The minimum absolute atomic E-state index is 0.292. The monoisotopic (exact) mass is 231 g/mol. The van der Waals surface area contributed by atoms with Gasteiger partial charge in [0.2, 0.25) is 0 Å². The Balaban J connectivity index is 3.85. The summed E-state index contributed by atoms with van der Waals surface area (Å²) in [6.07, 6.45) is 0.584. The van der Waals surface area contributed by atoms with Crippen LogP contribution >= 0.6 is 0 Å². The molecule has 0 aliphatic heterocycles. The van der Waals surface area contributed by atoms with Crippen LogP contribution in [-0.2, 0) is 9.47 Å². The van der Waals surface area contributed by atoms with Gasteiger partial charge in [0.1, 0.15) is 0 Å². The van der Waals surface area contributed by atoms with Gasteiger partial charge >= 0.3 is 0 Å². The second kappa shape index (κ2) is 8.97. The molecule has 0 unspecified atom stereocenters. The quantitative estimate of drug-likeness (QED) is 0.661. The van der Waals surface area contributed by atoms with Crippen molar-refractivity contribution in [2.75, 3.05) is 19.8 Å². The van der Waals surface area contributed by atoms with Crippen molar-refractivity contribution in [1.29, 1.82) is 0 Å². The Labute approximate surface area is 101 Å². The molecular formula is C13H29NO2. The summed E-state index contributed by atoms with van der Waals surface area (Å²) in [5.74, 6) is 0.437. The highest BCUT2D eigenvalue weighted by Crippen LogP contribution is 2.03. The summed E-state index contributed by atoms with van der Waals surface area (Å²) in [7, 11) is 0. The van der Waals surface area contributed by atoms with Crippen LogP contribution in [0.1, 0.15) is 41.5 Å². The molecule has 0 radical (unpaired) electrons. The third kappa shape index (κ3) is 10.4. The lowest BCUT2D eigenvalue weighted by Crippen LogP contribution is -2.34. The summed E-state index contributed by atoms with van der Waals surface area (Å²) in [6, 6.07) is 0.514. The van der Waals surface area contributed by atoms with Crippen molar-refractivity contribution < 1.29 is 9.47 Å². The summed E-state index contributed by atoms with van der Waals surface area (Å²) < 4.78 is 11.3. The van der Waals surface area contributed by atoms with Gasteiger partial charge in [-0.05, 0) is 27.7 Å². The molecule has 0 aromatic carbocycles. The Morgan fingerprint density at radius 1 is 0.812 bits per heavy atom. The van der Waals surface area contributed by atoms with E-state index < -0.39 is 0 Å². The number of ether oxygens (including phenoxy) is 2. The molecule has 3 heteroatoms. The van der Waals surface area contributed by atoms with Gasteiger partial charge in [0.05, 0.1) is 25.4 Å². The molecule has 98 valence electrons. The fraction of sp³-hybridized carbons (Fsp3) is 1.00. The van der Waals surface area contributed by atoms with E-state index in [0.29, 0.717) is 24.2 Å². The van der Waals surface area contributed by atoms with E-state index in [0.717, 1.165) is 19.8 Å². The van der Waals surface area contributed by atoms with Crippen molar-refractivity contribution in [3.05, 3.63) is 0 Å². The van der Waals surface area contributed by atoms with Gasteiger partial charge in [-0.2, -0.15) is 0 Å². The number of nitrogens with one attached hydrogen (secondary N) is 1. The zero-order valence-electron chi connectivity index (χ0n) is 11.7. The first-order valence-corrected chi connectivity index (χ1v) is 6.38. The molecule has 0 heterocycles. The number of hydrogen-bond donors (Lipinski definition) is 1. The van der Waals surface area contributed by atoms with Gasteiger partial charge < -0.3 is 14.8 Å². The Hall–Kier alpha value is -0.120. The van der Waals surface area contributed by atoms with Crippen molar-refractivity contribution in [3.8, 4) is 0 Å². The lowest BCUT2D eigenvalue weighted by molar-refractivity contribution is -0.00328. The van der Waals surface area contributed by atoms with Gasteiger partial charge in [-0.3, -0.25) is 0 Å². The topological polar surface area (TPSA) is 30.5 Å². The van der Waals surface area contributed by atoms with Crippen molar-refractivity contribution in [2.24, 2.45) is 5.92 Å². The zero-order valence-corrected chi connectivity index (χ0v) is 11.7. The summed E-state index contributed by atoms with van der Waals surface area (Å²) in [4.78, 5) is 0. The van der Waals surface area contributed by atoms with Crippen LogP contribution in [0.25, 0.3) is 0 Å². The minimum Gasteiger partial charge on any atom is -0.378 e. The molecule has 0 spiro atoms. The van der Waals surface area contributed by atoms with E-state index in [9.17, 15) is 0 Å². The molecule has 0 aromatic rings. The van der Waals surface area contributed by atoms with Gasteiger partial charge in [0, 0.05) is 18.5 Å². The smallest absolute Gasteiger partial charge is 0.0532 e. The largest absolute Gasteiger partial charge is 0.378 e. The maximum Gasteiger partial charge on any atom is 0.0532 e. The van der Waals surface area contributed by atoms with Crippen molar-refractivity contribution in [3.63, 3.8) is 0 Å². The van der Waals surface area contributed by atoms with Gasteiger partial charge in [-0.25, -0.2) is 0 Å². The molecule has 3 nitrogen and oxygen atoms in total. The average Bonchev–Trinajstić information content (AvgIpc) is 2.15. The molecule has 0 aliphatic rings. The first-order valence-electron chi connectivity index (χ1n) is 6.38. The molecule has 0 aromatic heterocycles. The van der Waals surface area contributed by atoms with Crippen LogP contribution in [0.2, 0.25) is 0 Å². The van der Waals surface area contributed by atoms with Crippen LogP contribution in [0, 0.1) is 5.92 Å². The van der Waals surface area contributed by atoms with Gasteiger partial charge in [-0.1, -0.05) is 13.8 Å². The number of hydrogen-bond acceptors (Lipinski definition) is 3. The molecule has 0 rings (SSSR count). The molecule has 0 bridgehead atoms. The van der Waals surface area contributed by atoms with Gasteiger partial charge in [-0.15, -0.1) is 0 Å². The van der Waals surface area contributed by atoms with E-state index >= 15 is 0 Å². The van der Waals surface area contributed by atoms with E-state index in [-0.39, 0.29) is 0 Å². The van der Waals surface area contributed by atoms with Crippen LogP contribution in [-0.4, -0.2) is 38.0 Å². The summed E-state index contributed by atoms with van der Waals surface area (Å²) >= 11 is 0. The average molecular weight is 231 g/mol. The first kappa shape index (κ1) is 15.9. The Morgan fingerprint density at radius 3 is 1.56 bits per heavy atom. The molecule has 0 amide bonds. The van der Waals surface area contributed by atoms with Gasteiger partial charge in [0.25, 0.3) is 0 Å². The van der Waals surface area contributed by atoms with Crippen LogP contribution in [0.15, 0.2) is 0 Å². The highest BCUT2D eigenvalue weighted by Gasteiger charge is 2.11. The maximum absolute atomic E-state index is 5.65. The zero-order chi connectivity index (χ0) is 12.6. The summed E-state index contributed by atoms with van der Waals surface area (Å²) in [5, 5.41) is 3.43. The Kier molecular flexibility index (Phi) is 8.90. The molecule has 0 saturated carbocycles. The highest BCUT2D eigenvalue weighted by atomic mass is 16.5. The summed E-state index contributed by atoms with van der Waals surface area (Å²) in [5.41, 5.74) is 0. The van der Waals surface area contributed by atoms with E-state index in [4.69, 9.17) is 9.47 Å². The van der Waals surface area contributed by atoms with Crippen molar-refractivity contribution >= 4 is 0 Å². The molecule has 1 N–H and O–H groups in total. The molecule has 0 atom stereocenters. The molecule has 0 saturated heterocycles. The summed E-state index contributed by atoms with van der Waals surface area (Å²) in [6.45, 7) is 15.1. The standard InChI is InChI=1S/C13H29NO2/c1-10(2)14-7-13(8-15-11(3)4)9-16-12(5)6/h10-14H,7-9H2,1-6H3. The van der Waals surface area contributed by atoms with Crippen LogP contribution in [0.4, 0.5) is 0 Å². The van der Waals surface area contributed by atoms with E-state index in [1.54, 1.807) is 0 Å². The predicted molar refractivity (Wildman–Crippen MR) is 68.8 cm³/mol. The fourth-order valence-corrected chi connectivity index (χ4v) is 1.23. The predicted octanol–water partition coefficient (Wildman–Crippen LogP) is 2.45. The van der Waals surface area contributed by atoms with Crippen LogP contribution < -0.4 is 5.32 Å². The molecule has 0 aliphatic carbocycles. The molecular weight excluding hydrogens is 202 g/mol. The van der Waals surface area contributed by atoms with E-state index in [1.807, 2.05) is 0 Å². The second-order valence-electron chi connectivity index (χ2n) is 5.19. The fourth-order valence-electron chi connectivity index (χ4n) is 1.23. The SMILES string of the molecule is CC(C)NCC(COC(C)C)COC(C)C. The van der Waals surface area contributed by atoms with Crippen molar-refractivity contribution in [2.45, 2.75) is 59.8 Å². The minimum atomic E-state index is 0.292. The van der Waals surface area contributed by atoms with Crippen molar-refractivity contribution in [1.82, 2.24) is 5.32 Å².